The van der Waals surface area contributed by atoms with Gasteiger partial charge in [0, 0.05) is 6.54 Å². The molecule has 4 nitrogen and oxygen atoms in total. The third kappa shape index (κ3) is 4.40. The molecule has 1 aliphatic carbocycles. The third-order valence-corrected chi connectivity index (χ3v) is 5.14. The summed E-state index contributed by atoms with van der Waals surface area (Å²) < 4.78 is 5.75. The molecule has 3 atom stereocenters. The number of amidine groups is 1. The number of hydrogen-bond acceptors (Lipinski definition) is 5. The molecule has 0 radical (unpaired) electrons. The molecule has 1 aliphatic heterocycles. The Morgan fingerprint density at radius 1 is 1.50 bits per heavy atom. The zero-order valence-corrected chi connectivity index (χ0v) is 13.5. The summed E-state index contributed by atoms with van der Waals surface area (Å²) in [6, 6.07) is 0. The summed E-state index contributed by atoms with van der Waals surface area (Å²) in [4.78, 5) is 16.3. The van der Waals surface area contributed by atoms with Crippen LogP contribution in [0.25, 0.3) is 0 Å². The number of aliphatic imine (C=N–C) groups is 1. The molecule has 0 aromatic heterocycles. The summed E-state index contributed by atoms with van der Waals surface area (Å²) in [5.74, 6) is 2.02. The molecule has 1 fully saturated rings. The standard InChI is InChI=1S/C15H26N2O2S/c1-10(2)12-5-4-11(3)8-13(12)19-14(18)9-20-15-16-6-7-17-15/h10-13H,4-9H2,1-3H3,(H,16,17)/t11-,12+,13-/m0/s1. The van der Waals surface area contributed by atoms with Crippen LogP contribution in [-0.4, -0.2) is 36.1 Å². The highest BCUT2D eigenvalue weighted by Gasteiger charge is 2.33. The summed E-state index contributed by atoms with van der Waals surface area (Å²) in [5.41, 5.74) is 0. The van der Waals surface area contributed by atoms with Crippen molar-refractivity contribution in [2.45, 2.75) is 46.1 Å². The van der Waals surface area contributed by atoms with Gasteiger partial charge in [0.2, 0.25) is 0 Å². The van der Waals surface area contributed by atoms with Crippen molar-refractivity contribution in [3.8, 4) is 0 Å². The highest BCUT2D eigenvalue weighted by molar-refractivity contribution is 8.14. The van der Waals surface area contributed by atoms with E-state index >= 15 is 0 Å². The van der Waals surface area contributed by atoms with E-state index in [2.05, 4.69) is 31.1 Å². The first-order valence-corrected chi connectivity index (χ1v) is 8.65. The van der Waals surface area contributed by atoms with Crippen molar-refractivity contribution in [3.63, 3.8) is 0 Å². The second-order valence-electron chi connectivity index (χ2n) is 6.26. The maximum absolute atomic E-state index is 12.0. The fourth-order valence-corrected chi connectivity index (χ4v) is 3.76. The number of rotatable bonds is 4. The lowest BCUT2D eigenvalue weighted by Gasteiger charge is -2.36. The van der Waals surface area contributed by atoms with Crippen molar-refractivity contribution in [2.75, 3.05) is 18.8 Å². The zero-order valence-electron chi connectivity index (χ0n) is 12.7. The Morgan fingerprint density at radius 2 is 2.30 bits per heavy atom. The van der Waals surface area contributed by atoms with Gasteiger partial charge in [0.1, 0.15) is 6.10 Å². The predicted octanol–water partition coefficient (Wildman–Crippen LogP) is 2.68. The number of thioether (sulfide) groups is 1. The highest BCUT2D eigenvalue weighted by Crippen LogP contribution is 2.35. The Labute approximate surface area is 126 Å². The maximum atomic E-state index is 12.0. The van der Waals surface area contributed by atoms with E-state index in [9.17, 15) is 4.79 Å². The van der Waals surface area contributed by atoms with Gasteiger partial charge in [-0.05, 0) is 30.6 Å². The average molecular weight is 298 g/mol. The number of carbonyl (C=O) groups is 1. The summed E-state index contributed by atoms with van der Waals surface area (Å²) in [6.45, 7) is 8.41. The lowest BCUT2D eigenvalue weighted by Crippen LogP contribution is -2.36. The molecule has 5 heteroatoms. The summed E-state index contributed by atoms with van der Waals surface area (Å²) >= 11 is 1.46. The number of ether oxygens (including phenoxy) is 1. The van der Waals surface area contributed by atoms with E-state index in [0.29, 0.717) is 23.5 Å². The lowest BCUT2D eigenvalue weighted by atomic mass is 9.75. The normalized spacial score (nSPS) is 30.0. The number of nitrogens with zero attached hydrogens (tertiary/aromatic N) is 1. The molecule has 0 unspecified atom stereocenters. The van der Waals surface area contributed by atoms with Gasteiger partial charge in [-0.15, -0.1) is 0 Å². The van der Waals surface area contributed by atoms with Crippen molar-refractivity contribution in [2.24, 2.45) is 22.7 Å². The number of hydrogen-bond donors (Lipinski definition) is 1. The molecule has 0 aromatic rings. The van der Waals surface area contributed by atoms with Gasteiger partial charge in [0.25, 0.3) is 0 Å². The van der Waals surface area contributed by atoms with E-state index in [-0.39, 0.29) is 12.1 Å². The van der Waals surface area contributed by atoms with Gasteiger partial charge in [-0.2, -0.15) is 0 Å². The average Bonchev–Trinajstić information content (AvgIpc) is 2.89. The van der Waals surface area contributed by atoms with E-state index in [1.165, 1.54) is 24.6 Å². The van der Waals surface area contributed by atoms with E-state index in [1.807, 2.05) is 0 Å². The summed E-state index contributed by atoms with van der Waals surface area (Å²) in [7, 11) is 0. The Kier molecular flexibility index (Phi) is 5.75. The minimum Gasteiger partial charge on any atom is -0.461 e. The third-order valence-electron chi connectivity index (χ3n) is 4.21. The number of esters is 1. The van der Waals surface area contributed by atoms with E-state index in [1.54, 1.807) is 0 Å². The second-order valence-corrected chi connectivity index (χ2v) is 7.22. The molecule has 2 aliphatic rings. The minimum atomic E-state index is -0.101. The van der Waals surface area contributed by atoms with Gasteiger partial charge >= 0.3 is 5.97 Å². The van der Waals surface area contributed by atoms with Gasteiger partial charge in [0.15, 0.2) is 5.17 Å². The molecule has 1 saturated carbocycles. The van der Waals surface area contributed by atoms with Crippen molar-refractivity contribution >= 4 is 22.9 Å². The van der Waals surface area contributed by atoms with Gasteiger partial charge in [-0.1, -0.05) is 39.0 Å². The molecule has 0 bridgehead atoms. The van der Waals surface area contributed by atoms with Crippen LogP contribution in [0.3, 0.4) is 0 Å². The lowest BCUT2D eigenvalue weighted by molar-refractivity contribution is -0.152. The Bertz CT molecular complexity index is 371. The molecular formula is C15H26N2O2S. The fraction of sp³-hybridized carbons (Fsp3) is 0.867. The van der Waals surface area contributed by atoms with Crippen LogP contribution in [0.15, 0.2) is 4.99 Å². The van der Waals surface area contributed by atoms with Crippen LogP contribution in [0.4, 0.5) is 0 Å². The van der Waals surface area contributed by atoms with Crippen LogP contribution in [0.1, 0.15) is 40.0 Å². The summed E-state index contributed by atoms with van der Waals surface area (Å²) in [5, 5.41) is 4.03. The molecule has 2 rings (SSSR count). The van der Waals surface area contributed by atoms with Crippen LogP contribution in [0.2, 0.25) is 0 Å². The Hall–Kier alpha value is -0.710. The highest BCUT2D eigenvalue weighted by atomic mass is 32.2. The van der Waals surface area contributed by atoms with Crippen molar-refractivity contribution in [3.05, 3.63) is 0 Å². The first-order chi connectivity index (χ1) is 9.56. The second kappa shape index (κ2) is 7.34. The Morgan fingerprint density at radius 3 is 2.95 bits per heavy atom. The van der Waals surface area contributed by atoms with Crippen LogP contribution < -0.4 is 5.32 Å². The molecule has 0 amide bonds. The largest absolute Gasteiger partial charge is 0.461 e. The van der Waals surface area contributed by atoms with E-state index in [4.69, 9.17) is 4.74 Å². The first-order valence-electron chi connectivity index (χ1n) is 7.67. The van der Waals surface area contributed by atoms with Gasteiger partial charge in [-0.25, -0.2) is 0 Å². The molecule has 20 heavy (non-hydrogen) atoms. The summed E-state index contributed by atoms with van der Waals surface area (Å²) in [6.07, 6.45) is 3.55. The van der Waals surface area contributed by atoms with Gasteiger partial charge in [0.05, 0.1) is 12.3 Å². The van der Waals surface area contributed by atoms with Crippen LogP contribution in [0.5, 0.6) is 0 Å². The SMILES string of the molecule is CC(C)[C@H]1CC[C@H](C)C[C@@H]1OC(=O)CSC1=NCCN1. The molecular weight excluding hydrogens is 272 g/mol. The quantitative estimate of drug-likeness (QED) is 0.811. The monoisotopic (exact) mass is 298 g/mol. The van der Waals surface area contributed by atoms with Crippen molar-refractivity contribution in [1.29, 1.82) is 0 Å². The van der Waals surface area contributed by atoms with Crippen LogP contribution in [0, 0.1) is 17.8 Å². The molecule has 1 heterocycles. The Balaban J connectivity index is 1.80. The maximum Gasteiger partial charge on any atom is 0.316 e. The smallest absolute Gasteiger partial charge is 0.316 e. The van der Waals surface area contributed by atoms with Gasteiger partial charge in [-0.3, -0.25) is 9.79 Å². The molecule has 0 spiro atoms. The van der Waals surface area contributed by atoms with Gasteiger partial charge < -0.3 is 10.1 Å². The van der Waals surface area contributed by atoms with Crippen molar-refractivity contribution < 1.29 is 9.53 Å². The topological polar surface area (TPSA) is 50.7 Å². The van der Waals surface area contributed by atoms with Crippen molar-refractivity contribution in [1.82, 2.24) is 5.32 Å². The van der Waals surface area contributed by atoms with E-state index < -0.39 is 0 Å². The first kappa shape index (κ1) is 15.7. The number of nitrogens with one attached hydrogen (secondary N) is 1. The minimum absolute atomic E-state index is 0.101. The predicted molar refractivity (Wildman–Crippen MR) is 84.0 cm³/mol. The molecule has 1 N–H and O–H groups in total. The fourth-order valence-electron chi connectivity index (χ4n) is 3.05. The van der Waals surface area contributed by atoms with Crippen LogP contribution in [-0.2, 0) is 9.53 Å². The van der Waals surface area contributed by atoms with E-state index in [0.717, 1.165) is 24.7 Å². The molecule has 114 valence electrons. The molecule has 0 aromatic carbocycles. The number of carbonyl (C=O) groups excluding carboxylic acids is 1. The van der Waals surface area contributed by atoms with Crippen LogP contribution >= 0.6 is 11.8 Å². The molecule has 0 saturated heterocycles. The zero-order chi connectivity index (χ0) is 14.5.